The van der Waals surface area contributed by atoms with E-state index in [4.69, 9.17) is 0 Å². The Balaban J connectivity index is 2.35. The summed E-state index contributed by atoms with van der Waals surface area (Å²) in [4.78, 5) is 4.40. The van der Waals surface area contributed by atoms with Gasteiger partial charge in [0.2, 0.25) is 0 Å². The Morgan fingerprint density at radius 2 is 2.11 bits per heavy atom. The molecule has 3 nitrogen and oxygen atoms in total. The smallest absolute Gasteiger partial charge is 0.256 e. The number of hydrogen-bond acceptors (Lipinski definition) is 2. The largest absolute Gasteiger partial charge is 0.257 e. The molecule has 18 heavy (non-hydrogen) atoms. The van der Waals surface area contributed by atoms with Gasteiger partial charge in [0.15, 0.2) is 5.69 Å². The highest BCUT2D eigenvalue weighted by molar-refractivity contribution is 7.97. The Labute approximate surface area is 113 Å². The van der Waals surface area contributed by atoms with E-state index < -0.39 is 0 Å². The molecule has 0 spiro atoms. The van der Waals surface area contributed by atoms with Crippen molar-refractivity contribution in [3.63, 3.8) is 0 Å². The van der Waals surface area contributed by atoms with Gasteiger partial charge in [0, 0.05) is 25.3 Å². The number of nitrogens with zero attached hydrogens (tertiary/aromatic N) is 3. The molecule has 0 atom stereocenters. The first-order valence-electron chi connectivity index (χ1n) is 6.37. The summed E-state index contributed by atoms with van der Waals surface area (Å²) in [5.41, 5.74) is 3.94. The molecule has 0 saturated carbocycles. The molecule has 0 aliphatic carbocycles. The Morgan fingerprint density at radius 1 is 1.28 bits per heavy atom. The summed E-state index contributed by atoms with van der Waals surface area (Å²) >= 11 is 1.76. The zero-order valence-corrected chi connectivity index (χ0v) is 12.1. The highest BCUT2D eigenvalue weighted by atomic mass is 32.2. The topological polar surface area (TPSA) is 21.7 Å². The number of imidazole rings is 1. The van der Waals surface area contributed by atoms with Crippen LogP contribution >= 0.6 is 11.9 Å². The summed E-state index contributed by atoms with van der Waals surface area (Å²) in [6.07, 6.45) is 8.29. The second-order valence-electron chi connectivity index (χ2n) is 4.17. The fourth-order valence-electron chi connectivity index (χ4n) is 2.29. The third kappa shape index (κ3) is 2.58. The van der Waals surface area contributed by atoms with Gasteiger partial charge >= 0.3 is 0 Å². The molecule has 2 rings (SSSR count). The monoisotopic (exact) mass is 262 g/mol. The molecule has 0 bridgehead atoms. The molecular weight excluding hydrogens is 242 g/mol. The van der Waals surface area contributed by atoms with Crippen molar-refractivity contribution >= 4 is 11.9 Å². The van der Waals surface area contributed by atoms with Crippen LogP contribution in [-0.4, -0.2) is 15.2 Å². The van der Waals surface area contributed by atoms with Crippen LogP contribution in [-0.2, 0) is 19.4 Å². The Bertz CT molecular complexity index is 505. The molecule has 0 radical (unpaired) electrons. The fourth-order valence-corrected chi connectivity index (χ4v) is 2.95. The maximum absolute atomic E-state index is 4.40. The predicted octanol–water partition coefficient (Wildman–Crippen LogP) is 2.47. The molecule has 2 heterocycles. The van der Waals surface area contributed by atoms with Crippen LogP contribution in [0.2, 0.25) is 0 Å². The molecule has 0 aliphatic heterocycles. The van der Waals surface area contributed by atoms with Crippen molar-refractivity contribution < 1.29 is 4.57 Å². The van der Waals surface area contributed by atoms with Gasteiger partial charge in [-0.05, 0) is 12.1 Å². The van der Waals surface area contributed by atoms with E-state index in [1.807, 2.05) is 18.3 Å². The Kier molecular flexibility index (Phi) is 4.42. The predicted molar refractivity (Wildman–Crippen MR) is 75.6 cm³/mol. The van der Waals surface area contributed by atoms with Crippen LogP contribution in [0.1, 0.15) is 30.9 Å². The zero-order valence-electron chi connectivity index (χ0n) is 11.3. The molecule has 0 aromatic carbocycles. The van der Waals surface area contributed by atoms with Crippen molar-refractivity contribution in [1.82, 2.24) is 8.96 Å². The van der Waals surface area contributed by atoms with Gasteiger partial charge < -0.3 is 0 Å². The molecule has 2 aromatic heterocycles. The van der Waals surface area contributed by atoms with Crippen LogP contribution in [0.5, 0.6) is 0 Å². The quantitative estimate of drug-likeness (QED) is 0.772. The average Bonchev–Trinajstić information content (AvgIpc) is 2.76. The third-order valence-electron chi connectivity index (χ3n) is 3.12. The summed E-state index contributed by atoms with van der Waals surface area (Å²) in [5, 5.41) is 0. The highest BCUT2D eigenvalue weighted by Gasteiger charge is 2.20. The van der Waals surface area contributed by atoms with Crippen molar-refractivity contribution in [1.29, 1.82) is 0 Å². The molecule has 0 saturated heterocycles. The van der Waals surface area contributed by atoms with Gasteiger partial charge in [0.05, 0.1) is 17.6 Å². The lowest BCUT2D eigenvalue weighted by Crippen LogP contribution is -2.37. The van der Waals surface area contributed by atoms with Crippen LogP contribution < -0.4 is 4.57 Å². The van der Waals surface area contributed by atoms with Crippen LogP contribution in [0.4, 0.5) is 0 Å². The SMILES string of the molecule is CCc1c(CC)[n+](Cc2ccccn2)cn1SC. The van der Waals surface area contributed by atoms with Gasteiger partial charge in [-0.2, -0.15) is 3.97 Å². The standard InChI is InChI=1S/C14H20N3S/c1-4-13-14(5-2)17(18-3)11-16(13)10-12-8-6-7-9-15-12/h6-9,11H,4-5,10H2,1-3H3/q+1. The lowest BCUT2D eigenvalue weighted by molar-refractivity contribution is -0.695. The molecule has 0 fully saturated rings. The van der Waals surface area contributed by atoms with Crippen molar-refractivity contribution in [2.75, 3.05) is 6.26 Å². The summed E-state index contributed by atoms with van der Waals surface area (Å²) in [5.74, 6) is 0. The molecule has 2 aromatic rings. The van der Waals surface area contributed by atoms with E-state index in [1.54, 1.807) is 11.9 Å². The van der Waals surface area contributed by atoms with Crippen LogP contribution in [0.3, 0.4) is 0 Å². The highest BCUT2D eigenvalue weighted by Crippen LogP contribution is 2.13. The average molecular weight is 262 g/mol. The minimum atomic E-state index is 0.852. The summed E-state index contributed by atoms with van der Waals surface area (Å²) < 4.78 is 4.58. The lowest BCUT2D eigenvalue weighted by atomic mass is 10.2. The molecule has 0 unspecified atom stereocenters. The Hall–Kier alpha value is -1.29. The summed E-state index contributed by atoms with van der Waals surface area (Å²) in [6, 6.07) is 6.08. The minimum absolute atomic E-state index is 0.852. The van der Waals surface area contributed by atoms with Gasteiger partial charge in [-0.1, -0.05) is 19.9 Å². The molecular formula is C14H20N3S+. The lowest BCUT2D eigenvalue weighted by Gasteiger charge is -2.00. The summed E-state index contributed by atoms with van der Waals surface area (Å²) in [6.45, 7) is 5.28. The molecule has 4 heteroatoms. The van der Waals surface area contributed by atoms with E-state index in [9.17, 15) is 0 Å². The van der Waals surface area contributed by atoms with E-state index in [0.717, 1.165) is 25.1 Å². The number of hydrogen-bond donors (Lipinski definition) is 0. The van der Waals surface area contributed by atoms with Crippen molar-refractivity contribution in [2.45, 2.75) is 33.2 Å². The Morgan fingerprint density at radius 3 is 2.67 bits per heavy atom. The first-order chi connectivity index (χ1) is 8.80. The molecule has 0 N–H and O–H groups in total. The number of aromatic nitrogens is 3. The van der Waals surface area contributed by atoms with Crippen molar-refractivity contribution in [3.8, 4) is 0 Å². The third-order valence-corrected chi connectivity index (χ3v) is 3.82. The first kappa shape index (κ1) is 13.1. The maximum Gasteiger partial charge on any atom is 0.256 e. The van der Waals surface area contributed by atoms with E-state index in [0.29, 0.717) is 0 Å². The van der Waals surface area contributed by atoms with Crippen LogP contribution in [0.25, 0.3) is 0 Å². The fraction of sp³-hybridized carbons (Fsp3) is 0.429. The van der Waals surface area contributed by atoms with Gasteiger partial charge in [-0.25, -0.2) is 4.57 Å². The van der Waals surface area contributed by atoms with Crippen LogP contribution in [0.15, 0.2) is 30.7 Å². The summed E-state index contributed by atoms with van der Waals surface area (Å²) in [7, 11) is 0. The van der Waals surface area contributed by atoms with Gasteiger partial charge in [0.1, 0.15) is 12.2 Å². The second-order valence-corrected chi connectivity index (χ2v) is 4.93. The first-order valence-corrected chi connectivity index (χ1v) is 7.55. The van der Waals surface area contributed by atoms with Crippen molar-refractivity contribution in [3.05, 3.63) is 47.8 Å². The molecule has 96 valence electrons. The van der Waals surface area contributed by atoms with E-state index in [-0.39, 0.29) is 0 Å². The van der Waals surface area contributed by atoms with Crippen LogP contribution in [0, 0.1) is 0 Å². The van der Waals surface area contributed by atoms with E-state index >= 15 is 0 Å². The number of pyridine rings is 1. The number of rotatable bonds is 5. The van der Waals surface area contributed by atoms with Crippen molar-refractivity contribution in [2.24, 2.45) is 0 Å². The zero-order chi connectivity index (χ0) is 13.0. The minimum Gasteiger partial charge on any atom is -0.257 e. The van der Waals surface area contributed by atoms with E-state index in [1.165, 1.54) is 11.4 Å². The van der Waals surface area contributed by atoms with Gasteiger partial charge in [0.25, 0.3) is 6.33 Å². The molecule has 0 aliphatic rings. The van der Waals surface area contributed by atoms with Gasteiger partial charge in [-0.15, -0.1) is 0 Å². The second kappa shape index (κ2) is 6.05. The maximum atomic E-state index is 4.40. The molecule has 0 amide bonds. The van der Waals surface area contributed by atoms with E-state index in [2.05, 4.69) is 46.0 Å². The van der Waals surface area contributed by atoms with Gasteiger partial charge in [-0.3, -0.25) is 4.98 Å². The normalized spacial score (nSPS) is 10.8.